The molecule has 22 heavy (non-hydrogen) atoms. The summed E-state index contributed by atoms with van der Waals surface area (Å²) in [4.78, 5) is 16.0. The fourth-order valence-electron chi connectivity index (χ4n) is 2.75. The first-order valence-electron chi connectivity index (χ1n) is 7.48. The van der Waals surface area contributed by atoms with Gasteiger partial charge in [0.15, 0.2) is 5.69 Å². The van der Waals surface area contributed by atoms with Gasteiger partial charge >= 0.3 is 0 Å². The summed E-state index contributed by atoms with van der Waals surface area (Å²) in [6.07, 6.45) is 0.0781. The van der Waals surface area contributed by atoms with Crippen molar-refractivity contribution in [1.29, 1.82) is 0 Å². The van der Waals surface area contributed by atoms with Crippen molar-refractivity contribution in [2.45, 2.75) is 33.0 Å². The van der Waals surface area contributed by atoms with E-state index >= 15 is 0 Å². The van der Waals surface area contributed by atoms with E-state index in [1.807, 2.05) is 51.1 Å². The highest BCUT2D eigenvalue weighted by molar-refractivity contribution is 5.93. The molecule has 1 aromatic carbocycles. The number of carbonyl (C=O) groups is 1. The van der Waals surface area contributed by atoms with Crippen LogP contribution in [0, 0.1) is 6.92 Å². The maximum Gasteiger partial charge on any atom is 0.276 e. The fourth-order valence-corrected chi connectivity index (χ4v) is 2.75. The Morgan fingerprint density at radius 3 is 2.41 bits per heavy atom. The minimum atomic E-state index is -0.0818. The molecule has 0 aliphatic carbocycles. The molecule has 0 spiro atoms. The first-order chi connectivity index (χ1) is 10.5. The van der Waals surface area contributed by atoms with Crippen molar-refractivity contribution in [3.63, 3.8) is 0 Å². The molecule has 0 radical (unpaired) electrons. The van der Waals surface area contributed by atoms with Crippen molar-refractivity contribution in [2.24, 2.45) is 0 Å². The Kier molecular flexibility index (Phi) is 3.94. The number of morpholine rings is 1. The third-order valence-corrected chi connectivity index (χ3v) is 3.68. The van der Waals surface area contributed by atoms with Gasteiger partial charge in [-0.25, -0.2) is 0 Å². The summed E-state index contributed by atoms with van der Waals surface area (Å²) < 4.78 is 5.67. The topological polar surface area (TPSA) is 60.2 Å². The van der Waals surface area contributed by atoms with Crippen LogP contribution in [-0.2, 0) is 4.74 Å². The van der Waals surface area contributed by atoms with Crippen LogP contribution >= 0.6 is 0 Å². The van der Waals surface area contributed by atoms with E-state index in [1.54, 1.807) is 4.90 Å². The molecule has 1 saturated heterocycles. The van der Waals surface area contributed by atoms with Gasteiger partial charge in [0.1, 0.15) is 0 Å². The van der Waals surface area contributed by atoms with E-state index in [1.165, 1.54) is 4.80 Å². The number of nitrogens with zero attached hydrogens (tertiary/aromatic N) is 4. The third kappa shape index (κ3) is 2.87. The first-order valence-corrected chi connectivity index (χ1v) is 7.48. The number of carbonyl (C=O) groups excluding carboxylic acids is 1. The highest BCUT2D eigenvalue weighted by Crippen LogP contribution is 2.15. The smallest absolute Gasteiger partial charge is 0.276 e. The van der Waals surface area contributed by atoms with Crippen molar-refractivity contribution in [2.75, 3.05) is 13.1 Å². The summed E-state index contributed by atoms with van der Waals surface area (Å²) in [6, 6.07) is 9.59. The molecule has 3 rings (SSSR count). The average Bonchev–Trinajstić information content (AvgIpc) is 2.88. The van der Waals surface area contributed by atoms with Gasteiger partial charge in [-0.2, -0.15) is 9.90 Å². The minimum Gasteiger partial charge on any atom is -0.372 e. The van der Waals surface area contributed by atoms with E-state index < -0.39 is 0 Å². The van der Waals surface area contributed by atoms with Crippen LogP contribution in [-0.4, -0.2) is 51.1 Å². The molecule has 1 aromatic heterocycles. The predicted molar refractivity (Wildman–Crippen MR) is 82.0 cm³/mol. The largest absolute Gasteiger partial charge is 0.372 e. The van der Waals surface area contributed by atoms with E-state index in [-0.39, 0.29) is 18.1 Å². The van der Waals surface area contributed by atoms with Gasteiger partial charge in [0.2, 0.25) is 0 Å². The van der Waals surface area contributed by atoms with Crippen LogP contribution in [0.1, 0.15) is 30.0 Å². The molecular weight excluding hydrogens is 280 g/mol. The predicted octanol–water partition coefficient (Wildman–Crippen LogP) is 1.83. The molecular formula is C16H20N4O2. The Morgan fingerprint density at radius 1 is 1.14 bits per heavy atom. The second-order valence-electron chi connectivity index (χ2n) is 5.73. The van der Waals surface area contributed by atoms with Crippen LogP contribution < -0.4 is 0 Å². The lowest BCUT2D eigenvalue weighted by molar-refractivity contribution is -0.0587. The molecule has 1 fully saturated rings. The van der Waals surface area contributed by atoms with Gasteiger partial charge in [-0.15, -0.1) is 5.10 Å². The first kappa shape index (κ1) is 14.7. The number of ether oxygens (including phenoxy) is 1. The SMILES string of the molecule is Cc1nn(-c2ccccc2)nc1C(=O)N1CC(C)OC(C)C1. The maximum atomic E-state index is 12.7. The molecule has 1 amide bonds. The highest BCUT2D eigenvalue weighted by Gasteiger charge is 2.29. The van der Waals surface area contributed by atoms with Gasteiger partial charge in [-0.1, -0.05) is 18.2 Å². The highest BCUT2D eigenvalue weighted by atomic mass is 16.5. The number of benzene rings is 1. The number of rotatable bonds is 2. The van der Waals surface area contributed by atoms with E-state index in [9.17, 15) is 4.79 Å². The molecule has 116 valence electrons. The lowest BCUT2D eigenvalue weighted by Gasteiger charge is -2.34. The average molecular weight is 300 g/mol. The quantitative estimate of drug-likeness (QED) is 0.849. The van der Waals surface area contributed by atoms with E-state index in [0.29, 0.717) is 24.5 Å². The molecule has 2 heterocycles. The zero-order valence-corrected chi connectivity index (χ0v) is 13.1. The van der Waals surface area contributed by atoms with Gasteiger partial charge in [-0.3, -0.25) is 4.79 Å². The van der Waals surface area contributed by atoms with Crippen LogP contribution in [0.15, 0.2) is 30.3 Å². The lowest BCUT2D eigenvalue weighted by Crippen LogP contribution is -2.48. The summed E-state index contributed by atoms with van der Waals surface area (Å²) in [6.45, 7) is 6.93. The summed E-state index contributed by atoms with van der Waals surface area (Å²) in [5, 5.41) is 8.74. The van der Waals surface area contributed by atoms with Crippen LogP contribution in [0.2, 0.25) is 0 Å². The molecule has 0 saturated carbocycles. The Hall–Kier alpha value is -2.21. The van der Waals surface area contributed by atoms with Gasteiger partial charge in [0.05, 0.1) is 23.6 Å². The van der Waals surface area contributed by atoms with Crippen molar-refractivity contribution in [1.82, 2.24) is 19.9 Å². The second-order valence-corrected chi connectivity index (χ2v) is 5.73. The van der Waals surface area contributed by atoms with E-state index in [0.717, 1.165) is 5.69 Å². The van der Waals surface area contributed by atoms with Crippen LogP contribution in [0.25, 0.3) is 5.69 Å². The van der Waals surface area contributed by atoms with Crippen molar-refractivity contribution in [3.8, 4) is 5.69 Å². The number of amides is 1. The molecule has 2 unspecified atom stereocenters. The summed E-state index contributed by atoms with van der Waals surface area (Å²) >= 11 is 0. The van der Waals surface area contributed by atoms with Gasteiger partial charge < -0.3 is 9.64 Å². The van der Waals surface area contributed by atoms with Gasteiger partial charge in [0.25, 0.3) is 5.91 Å². The molecule has 1 aliphatic rings. The number of hydrogen-bond donors (Lipinski definition) is 0. The molecule has 6 heteroatoms. The molecule has 0 bridgehead atoms. The lowest BCUT2D eigenvalue weighted by atomic mass is 10.2. The molecule has 1 aliphatic heterocycles. The third-order valence-electron chi connectivity index (χ3n) is 3.68. The zero-order chi connectivity index (χ0) is 15.7. The van der Waals surface area contributed by atoms with Crippen molar-refractivity contribution < 1.29 is 9.53 Å². The fraction of sp³-hybridized carbons (Fsp3) is 0.438. The standard InChI is InChI=1S/C16H20N4O2/c1-11-9-19(10-12(2)22-11)16(21)15-13(3)17-20(18-15)14-7-5-4-6-8-14/h4-8,11-12H,9-10H2,1-3H3. The maximum absolute atomic E-state index is 12.7. The molecule has 2 atom stereocenters. The minimum absolute atomic E-state index is 0.0391. The summed E-state index contributed by atoms with van der Waals surface area (Å²) in [5.74, 6) is -0.0818. The monoisotopic (exact) mass is 300 g/mol. The Balaban J connectivity index is 1.86. The zero-order valence-electron chi connectivity index (χ0n) is 13.1. The number of para-hydroxylation sites is 1. The molecule has 2 aromatic rings. The number of aryl methyl sites for hydroxylation is 1. The summed E-state index contributed by atoms with van der Waals surface area (Å²) in [7, 11) is 0. The normalized spacial score (nSPS) is 21.9. The molecule has 6 nitrogen and oxygen atoms in total. The second kappa shape index (κ2) is 5.88. The van der Waals surface area contributed by atoms with E-state index in [4.69, 9.17) is 4.74 Å². The van der Waals surface area contributed by atoms with Crippen LogP contribution in [0.3, 0.4) is 0 Å². The van der Waals surface area contributed by atoms with Gasteiger partial charge in [0, 0.05) is 13.1 Å². The van der Waals surface area contributed by atoms with Crippen molar-refractivity contribution >= 4 is 5.91 Å². The number of hydrogen-bond acceptors (Lipinski definition) is 4. The Bertz CT molecular complexity index is 658. The van der Waals surface area contributed by atoms with Gasteiger partial charge in [-0.05, 0) is 32.9 Å². The summed E-state index contributed by atoms with van der Waals surface area (Å²) in [5.41, 5.74) is 1.89. The molecule has 0 N–H and O–H groups in total. The van der Waals surface area contributed by atoms with E-state index in [2.05, 4.69) is 10.2 Å². The van der Waals surface area contributed by atoms with Crippen molar-refractivity contribution in [3.05, 3.63) is 41.7 Å². The number of aromatic nitrogens is 3. The van der Waals surface area contributed by atoms with Crippen LogP contribution in [0.4, 0.5) is 0 Å². The van der Waals surface area contributed by atoms with Crippen LogP contribution in [0.5, 0.6) is 0 Å². The Morgan fingerprint density at radius 2 is 1.77 bits per heavy atom. The Labute approximate surface area is 129 Å².